The average molecular weight is 255 g/mol. The van der Waals surface area contributed by atoms with E-state index in [1.54, 1.807) is 12.1 Å². The molecule has 0 atom stereocenters. The minimum atomic E-state index is -0.0593. The van der Waals surface area contributed by atoms with Gasteiger partial charge < -0.3 is 10.2 Å². The van der Waals surface area contributed by atoms with E-state index in [2.05, 4.69) is 19.2 Å². The first-order chi connectivity index (χ1) is 8.17. The first-order valence-corrected chi connectivity index (χ1v) is 6.36. The zero-order chi connectivity index (χ0) is 12.7. The van der Waals surface area contributed by atoms with Crippen molar-refractivity contribution in [1.29, 1.82) is 0 Å². The Hall–Kier alpha value is -1.22. The second kappa shape index (κ2) is 7.17. The molecule has 0 saturated carbocycles. The van der Waals surface area contributed by atoms with Crippen LogP contribution in [0.15, 0.2) is 24.3 Å². The van der Waals surface area contributed by atoms with Crippen LogP contribution in [0, 0.1) is 0 Å². The summed E-state index contributed by atoms with van der Waals surface area (Å²) in [6.45, 7) is 5.69. The highest BCUT2D eigenvalue weighted by Gasteiger charge is 2.11. The third kappa shape index (κ3) is 4.65. The monoisotopic (exact) mass is 254 g/mol. The summed E-state index contributed by atoms with van der Waals surface area (Å²) < 4.78 is 0. The number of carbonyl (C=O) groups excluding carboxylic acids is 1. The van der Waals surface area contributed by atoms with Gasteiger partial charge in [-0.05, 0) is 31.0 Å². The van der Waals surface area contributed by atoms with Crippen molar-refractivity contribution in [3.05, 3.63) is 29.3 Å². The van der Waals surface area contributed by atoms with Crippen LogP contribution in [0.5, 0.6) is 0 Å². The van der Waals surface area contributed by atoms with Gasteiger partial charge >= 0.3 is 6.03 Å². The smallest absolute Gasteiger partial charge is 0.321 e. The maximum absolute atomic E-state index is 12.0. The van der Waals surface area contributed by atoms with Gasteiger partial charge in [0, 0.05) is 23.8 Å². The summed E-state index contributed by atoms with van der Waals surface area (Å²) in [6, 6.07) is 7.13. The molecule has 0 fully saturated rings. The van der Waals surface area contributed by atoms with Crippen molar-refractivity contribution in [2.45, 2.75) is 26.7 Å². The largest absolute Gasteiger partial charge is 0.325 e. The molecule has 3 nitrogen and oxygen atoms in total. The number of hydrogen-bond donors (Lipinski definition) is 1. The third-order valence-corrected chi connectivity index (χ3v) is 2.59. The lowest BCUT2D eigenvalue weighted by molar-refractivity contribution is 0.211. The average Bonchev–Trinajstić information content (AvgIpc) is 2.28. The van der Waals surface area contributed by atoms with Gasteiger partial charge in [-0.2, -0.15) is 0 Å². The zero-order valence-corrected chi connectivity index (χ0v) is 11.1. The maximum atomic E-state index is 12.0. The van der Waals surface area contributed by atoms with Gasteiger partial charge in [-0.1, -0.05) is 31.5 Å². The van der Waals surface area contributed by atoms with E-state index in [1.165, 1.54) is 0 Å². The summed E-state index contributed by atoms with van der Waals surface area (Å²) in [5, 5.41) is 3.48. The van der Waals surface area contributed by atoms with Crippen LogP contribution in [0.25, 0.3) is 0 Å². The molecule has 0 spiro atoms. The lowest BCUT2D eigenvalue weighted by Gasteiger charge is -2.21. The van der Waals surface area contributed by atoms with Gasteiger partial charge in [0.25, 0.3) is 0 Å². The molecule has 2 amide bonds. The topological polar surface area (TPSA) is 32.3 Å². The van der Waals surface area contributed by atoms with Crippen molar-refractivity contribution in [1.82, 2.24) is 4.90 Å². The summed E-state index contributed by atoms with van der Waals surface area (Å²) in [7, 11) is 0. The predicted molar refractivity (Wildman–Crippen MR) is 72.6 cm³/mol. The molecular formula is C13H19ClN2O. The first-order valence-electron chi connectivity index (χ1n) is 5.98. The van der Waals surface area contributed by atoms with Crippen molar-refractivity contribution in [2.75, 3.05) is 18.4 Å². The van der Waals surface area contributed by atoms with Crippen LogP contribution in [-0.2, 0) is 0 Å². The lowest BCUT2D eigenvalue weighted by atomic mass is 10.3. The summed E-state index contributed by atoms with van der Waals surface area (Å²) >= 11 is 5.87. The van der Waals surface area contributed by atoms with E-state index in [0.717, 1.165) is 31.6 Å². The fourth-order valence-corrected chi connectivity index (χ4v) is 1.81. The van der Waals surface area contributed by atoms with Gasteiger partial charge in [0.05, 0.1) is 0 Å². The number of nitrogens with zero attached hydrogens (tertiary/aromatic N) is 1. The molecule has 1 rings (SSSR count). The number of nitrogens with one attached hydrogen (secondary N) is 1. The third-order valence-electron chi connectivity index (χ3n) is 2.35. The number of urea groups is 1. The van der Waals surface area contributed by atoms with Gasteiger partial charge in [0.15, 0.2) is 0 Å². The molecule has 0 radical (unpaired) electrons. The molecule has 17 heavy (non-hydrogen) atoms. The van der Waals surface area contributed by atoms with Gasteiger partial charge in [-0.25, -0.2) is 4.79 Å². The van der Waals surface area contributed by atoms with Crippen LogP contribution >= 0.6 is 11.6 Å². The Bertz CT molecular complexity index is 362. The van der Waals surface area contributed by atoms with Gasteiger partial charge in [0.2, 0.25) is 0 Å². The normalized spacial score (nSPS) is 10.1. The highest BCUT2D eigenvalue weighted by Crippen LogP contribution is 2.15. The Morgan fingerprint density at radius 3 is 2.47 bits per heavy atom. The fourth-order valence-electron chi connectivity index (χ4n) is 1.62. The fraction of sp³-hybridized carbons (Fsp3) is 0.462. The highest BCUT2D eigenvalue weighted by molar-refractivity contribution is 6.30. The number of amides is 2. The van der Waals surface area contributed by atoms with Crippen LogP contribution < -0.4 is 5.32 Å². The van der Waals surface area contributed by atoms with Crippen molar-refractivity contribution in [3.63, 3.8) is 0 Å². The van der Waals surface area contributed by atoms with E-state index in [-0.39, 0.29) is 6.03 Å². The molecular weight excluding hydrogens is 236 g/mol. The van der Waals surface area contributed by atoms with E-state index in [4.69, 9.17) is 11.6 Å². The Kier molecular flexibility index (Phi) is 5.84. The molecule has 4 heteroatoms. The molecule has 0 aliphatic heterocycles. The molecule has 94 valence electrons. The molecule has 1 aromatic carbocycles. The minimum absolute atomic E-state index is 0.0593. The summed E-state index contributed by atoms with van der Waals surface area (Å²) in [5.41, 5.74) is 0.736. The Balaban J connectivity index is 2.62. The summed E-state index contributed by atoms with van der Waals surface area (Å²) in [6.07, 6.45) is 1.92. The van der Waals surface area contributed by atoms with E-state index >= 15 is 0 Å². The molecule has 1 N–H and O–H groups in total. The number of anilines is 1. The van der Waals surface area contributed by atoms with Crippen molar-refractivity contribution >= 4 is 23.3 Å². The van der Waals surface area contributed by atoms with Crippen LogP contribution in [-0.4, -0.2) is 24.0 Å². The van der Waals surface area contributed by atoms with E-state index < -0.39 is 0 Å². The summed E-state index contributed by atoms with van der Waals surface area (Å²) in [4.78, 5) is 13.8. The molecule has 0 bridgehead atoms. The van der Waals surface area contributed by atoms with Crippen molar-refractivity contribution in [2.24, 2.45) is 0 Å². The number of halogens is 1. The highest BCUT2D eigenvalue weighted by atomic mass is 35.5. The Morgan fingerprint density at radius 2 is 1.94 bits per heavy atom. The Morgan fingerprint density at radius 1 is 1.29 bits per heavy atom. The molecule has 1 aromatic rings. The van der Waals surface area contributed by atoms with Crippen LogP contribution in [0.3, 0.4) is 0 Å². The summed E-state index contributed by atoms with van der Waals surface area (Å²) in [5.74, 6) is 0. The van der Waals surface area contributed by atoms with E-state index in [0.29, 0.717) is 5.02 Å². The number of benzene rings is 1. The maximum Gasteiger partial charge on any atom is 0.321 e. The second-order valence-corrected chi connectivity index (χ2v) is 4.36. The Labute approximate surface area is 108 Å². The molecule has 0 aliphatic carbocycles. The van der Waals surface area contributed by atoms with Crippen LogP contribution in [0.1, 0.15) is 26.7 Å². The molecule has 0 aliphatic rings. The van der Waals surface area contributed by atoms with Gasteiger partial charge in [0.1, 0.15) is 0 Å². The predicted octanol–water partition coefficient (Wildman–Crippen LogP) is 3.99. The van der Waals surface area contributed by atoms with Crippen LogP contribution in [0.2, 0.25) is 5.02 Å². The lowest BCUT2D eigenvalue weighted by Crippen LogP contribution is -2.36. The molecule has 0 heterocycles. The standard InChI is InChI=1S/C13H19ClN2O/c1-3-8-16(9-4-2)13(17)15-12-7-5-6-11(14)10-12/h5-7,10H,3-4,8-9H2,1-2H3,(H,15,17). The molecule has 0 unspecified atom stereocenters. The molecule has 0 saturated heterocycles. The first kappa shape index (κ1) is 13.8. The zero-order valence-electron chi connectivity index (χ0n) is 10.4. The second-order valence-electron chi connectivity index (χ2n) is 3.93. The number of rotatable bonds is 5. The van der Waals surface area contributed by atoms with E-state index in [9.17, 15) is 4.79 Å². The van der Waals surface area contributed by atoms with Crippen molar-refractivity contribution in [3.8, 4) is 0 Å². The minimum Gasteiger partial charge on any atom is -0.325 e. The van der Waals surface area contributed by atoms with Gasteiger partial charge in [-0.15, -0.1) is 0 Å². The van der Waals surface area contributed by atoms with E-state index in [1.807, 2.05) is 17.0 Å². The van der Waals surface area contributed by atoms with Crippen LogP contribution in [0.4, 0.5) is 10.5 Å². The number of hydrogen-bond acceptors (Lipinski definition) is 1. The quantitative estimate of drug-likeness (QED) is 0.847. The van der Waals surface area contributed by atoms with Gasteiger partial charge in [-0.3, -0.25) is 0 Å². The molecule has 0 aromatic heterocycles. The van der Waals surface area contributed by atoms with Crippen molar-refractivity contribution < 1.29 is 4.79 Å². The number of carbonyl (C=O) groups is 1. The SMILES string of the molecule is CCCN(CCC)C(=O)Nc1cccc(Cl)c1.